The van der Waals surface area contributed by atoms with E-state index in [9.17, 15) is 14.7 Å². The number of carbonyl (C=O) groups is 2. The molecular formula is C15H28N2O3. The summed E-state index contributed by atoms with van der Waals surface area (Å²) in [4.78, 5) is 25.9. The normalized spacial score (nSPS) is 18.9. The fourth-order valence-corrected chi connectivity index (χ4v) is 3.12. The van der Waals surface area contributed by atoms with Crippen LogP contribution >= 0.6 is 0 Å². The number of nitrogens with zero attached hydrogens (tertiary/aromatic N) is 1. The van der Waals surface area contributed by atoms with E-state index in [0.29, 0.717) is 38.9 Å². The molecule has 0 spiro atoms. The van der Waals surface area contributed by atoms with Crippen molar-refractivity contribution < 1.29 is 14.7 Å². The van der Waals surface area contributed by atoms with Gasteiger partial charge in [0.2, 0.25) is 5.91 Å². The van der Waals surface area contributed by atoms with Crippen molar-refractivity contribution in [3.63, 3.8) is 0 Å². The van der Waals surface area contributed by atoms with Gasteiger partial charge in [0.25, 0.3) is 0 Å². The van der Waals surface area contributed by atoms with Crippen molar-refractivity contribution in [3.8, 4) is 0 Å². The predicted molar refractivity (Wildman–Crippen MR) is 78.2 cm³/mol. The lowest BCUT2D eigenvalue weighted by molar-refractivity contribution is -0.157. The van der Waals surface area contributed by atoms with E-state index in [0.717, 1.165) is 12.8 Å². The lowest BCUT2D eigenvalue weighted by Crippen LogP contribution is -2.52. The summed E-state index contributed by atoms with van der Waals surface area (Å²) in [6, 6.07) is 0. The summed E-state index contributed by atoms with van der Waals surface area (Å²) in [6.45, 7) is 7.31. The molecule has 1 aliphatic rings. The van der Waals surface area contributed by atoms with Gasteiger partial charge in [-0.25, -0.2) is 0 Å². The van der Waals surface area contributed by atoms with Crippen LogP contribution in [0.2, 0.25) is 0 Å². The molecule has 1 heterocycles. The summed E-state index contributed by atoms with van der Waals surface area (Å²) in [5.41, 5.74) is 4.69. The van der Waals surface area contributed by atoms with E-state index in [1.165, 1.54) is 0 Å². The largest absolute Gasteiger partial charge is 0.481 e. The van der Waals surface area contributed by atoms with Gasteiger partial charge in [-0.15, -0.1) is 0 Å². The molecule has 0 aromatic heterocycles. The maximum absolute atomic E-state index is 12.7. The van der Waals surface area contributed by atoms with E-state index in [1.807, 2.05) is 25.7 Å². The summed E-state index contributed by atoms with van der Waals surface area (Å²) in [5.74, 6) is -0.636. The molecule has 0 radical (unpaired) electrons. The number of amides is 1. The molecule has 0 saturated carbocycles. The number of hydrogen-bond donors (Lipinski definition) is 2. The third-order valence-corrected chi connectivity index (χ3v) is 5.34. The molecule has 3 N–H and O–H groups in total. The van der Waals surface area contributed by atoms with Crippen LogP contribution in [0.3, 0.4) is 0 Å². The average Bonchev–Trinajstić information content (AvgIpc) is 2.49. The Bertz CT molecular complexity index is 348. The molecule has 0 atom stereocenters. The fraction of sp³-hybridized carbons (Fsp3) is 0.867. The zero-order valence-corrected chi connectivity index (χ0v) is 12.9. The quantitative estimate of drug-likeness (QED) is 0.779. The second-order valence-electron chi connectivity index (χ2n) is 5.92. The molecule has 0 bridgehead atoms. The van der Waals surface area contributed by atoms with E-state index >= 15 is 0 Å². The number of hydrogen-bond acceptors (Lipinski definition) is 3. The van der Waals surface area contributed by atoms with Crippen molar-refractivity contribution in [1.82, 2.24) is 4.90 Å². The number of likely N-dealkylation sites (tertiary alicyclic amines) is 1. The van der Waals surface area contributed by atoms with Gasteiger partial charge in [0.05, 0.1) is 10.8 Å². The number of aliphatic carboxylic acids is 1. The van der Waals surface area contributed by atoms with Gasteiger partial charge < -0.3 is 15.7 Å². The number of rotatable bonds is 6. The van der Waals surface area contributed by atoms with Crippen LogP contribution in [-0.2, 0) is 9.59 Å². The van der Waals surface area contributed by atoms with Gasteiger partial charge in [-0.1, -0.05) is 20.8 Å². The number of nitrogens with two attached hydrogens (primary N) is 1. The van der Waals surface area contributed by atoms with Crippen LogP contribution in [0.5, 0.6) is 0 Å². The third-order valence-electron chi connectivity index (χ3n) is 5.34. The maximum atomic E-state index is 12.7. The van der Waals surface area contributed by atoms with Crippen LogP contribution in [0.4, 0.5) is 0 Å². The first-order valence-corrected chi connectivity index (χ1v) is 7.64. The smallest absolute Gasteiger partial charge is 0.309 e. The molecule has 0 unspecified atom stereocenters. The highest BCUT2D eigenvalue weighted by Crippen LogP contribution is 2.37. The van der Waals surface area contributed by atoms with Crippen LogP contribution in [-0.4, -0.2) is 41.5 Å². The van der Waals surface area contributed by atoms with Crippen molar-refractivity contribution in [2.24, 2.45) is 16.6 Å². The van der Waals surface area contributed by atoms with E-state index in [1.54, 1.807) is 0 Å². The summed E-state index contributed by atoms with van der Waals surface area (Å²) >= 11 is 0. The van der Waals surface area contributed by atoms with E-state index in [-0.39, 0.29) is 5.91 Å². The van der Waals surface area contributed by atoms with Crippen molar-refractivity contribution >= 4 is 11.9 Å². The highest BCUT2D eigenvalue weighted by molar-refractivity contribution is 5.83. The van der Waals surface area contributed by atoms with Crippen molar-refractivity contribution in [2.45, 2.75) is 52.9 Å². The zero-order valence-electron chi connectivity index (χ0n) is 12.9. The molecular weight excluding hydrogens is 256 g/mol. The number of carbonyl (C=O) groups excluding carboxylic acids is 1. The molecule has 0 aromatic rings. The Morgan fingerprint density at radius 1 is 1.20 bits per heavy atom. The first-order valence-electron chi connectivity index (χ1n) is 7.64. The molecule has 5 heteroatoms. The second kappa shape index (κ2) is 6.57. The Labute approximate surface area is 121 Å². The molecule has 1 fully saturated rings. The predicted octanol–water partition coefficient (Wildman–Crippen LogP) is 1.85. The summed E-state index contributed by atoms with van der Waals surface area (Å²) in [5, 5.41) is 9.39. The molecule has 1 aliphatic heterocycles. The van der Waals surface area contributed by atoms with Crippen LogP contribution < -0.4 is 5.73 Å². The van der Waals surface area contributed by atoms with Crippen molar-refractivity contribution in [3.05, 3.63) is 0 Å². The van der Waals surface area contributed by atoms with Crippen LogP contribution in [0, 0.1) is 10.8 Å². The molecule has 5 nitrogen and oxygen atoms in total. The topological polar surface area (TPSA) is 83.6 Å². The Morgan fingerprint density at radius 2 is 1.70 bits per heavy atom. The van der Waals surface area contributed by atoms with Gasteiger partial charge in [0, 0.05) is 19.6 Å². The number of piperidine rings is 1. The van der Waals surface area contributed by atoms with E-state index < -0.39 is 16.8 Å². The lowest BCUT2D eigenvalue weighted by atomic mass is 9.74. The van der Waals surface area contributed by atoms with Gasteiger partial charge in [-0.05, 0) is 32.1 Å². The van der Waals surface area contributed by atoms with Crippen LogP contribution in [0.1, 0.15) is 52.9 Å². The highest BCUT2D eigenvalue weighted by Gasteiger charge is 2.44. The lowest BCUT2D eigenvalue weighted by Gasteiger charge is -2.42. The Hall–Kier alpha value is -1.10. The Morgan fingerprint density at radius 3 is 2.00 bits per heavy atom. The maximum Gasteiger partial charge on any atom is 0.309 e. The van der Waals surface area contributed by atoms with Crippen molar-refractivity contribution in [1.29, 1.82) is 0 Å². The number of carboxylic acid groups (broad SMARTS) is 1. The van der Waals surface area contributed by atoms with E-state index in [2.05, 4.69) is 0 Å². The molecule has 1 amide bonds. The standard InChI is InChI=1S/C15H28N2O3/c1-4-14(5-2,11-16)12(18)17-9-7-15(6-3,8-10-17)13(19)20/h4-11,16H2,1-3H3,(H,19,20). The van der Waals surface area contributed by atoms with E-state index in [4.69, 9.17) is 5.73 Å². The molecule has 0 aromatic carbocycles. The van der Waals surface area contributed by atoms with Gasteiger partial charge >= 0.3 is 5.97 Å². The minimum Gasteiger partial charge on any atom is -0.481 e. The first-order chi connectivity index (χ1) is 9.41. The van der Waals surface area contributed by atoms with Gasteiger partial charge in [0.15, 0.2) is 0 Å². The third kappa shape index (κ3) is 2.82. The van der Waals surface area contributed by atoms with Gasteiger partial charge in [-0.3, -0.25) is 9.59 Å². The first kappa shape index (κ1) is 17.0. The van der Waals surface area contributed by atoms with Gasteiger partial charge in [0.1, 0.15) is 0 Å². The Balaban J connectivity index is 2.79. The minimum atomic E-state index is -0.733. The second-order valence-corrected chi connectivity index (χ2v) is 5.92. The SMILES string of the molecule is CCC1(C(=O)O)CCN(C(=O)C(CC)(CC)CN)CC1. The van der Waals surface area contributed by atoms with Crippen molar-refractivity contribution in [2.75, 3.05) is 19.6 Å². The molecule has 1 saturated heterocycles. The van der Waals surface area contributed by atoms with Crippen LogP contribution in [0.25, 0.3) is 0 Å². The minimum absolute atomic E-state index is 0.0973. The molecule has 1 rings (SSSR count). The molecule has 0 aliphatic carbocycles. The monoisotopic (exact) mass is 284 g/mol. The summed E-state index contributed by atoms with van der Waals surface area (Å²) < 4.78 is 0. The number of carboxylic acids is 1. The Kier molecular flexibility index (Phi) is 5.57. The van der Waals surface area contributed by atoms with Crippen LogP contribution in [0.15, 0.2) is 0 Å². The average molecular weight is 284 g/mol. The zero-order chi connectivity index (χ0) is 15.4. The summed E-state index contributed by atoms with van der Waals surface area (Å²) in [7, 11) is 0. The highest BCUT2D eigenvalue weighted by atomic mass is 16.4. The molecule has 116 valence electrons. The fourth-order valence-electron chi connectivity index (χ4n) is 3.12. The summed E-state index contributed by atoms with van der Waals surface area (Å²) in [6.07, 6.45) is 3.16. The van der Waals surface area contributed by atoms with Gasteiger partial charge in [-0.2, -0.15) is 0 Å². The molecule has 20 heavy (non-hydrogen) atoms.